The number of hydrogen-bond donors (Lipinski definition) is 2. The zero-order chi connectivity index (χ0) is 24.2. The highest BCUT2D eigenvalue weighted by Gasteiger charge is 2.15. The maximum absolute atomic E-state index is 14.8. The summed E-state index contributed by atoms with van der Waals surface area (Å²) >= 11 is 0. The molecule has 0 radical (unpaired) electrons. The minimum absolute atomic E-state index is 0.108. The third-order valence-corrected chi connectivity index (χ3v) is 5.07. The monoisotopic (exact) mass is 463 g/mol. The van der Waals surface area contributed by atoms with Crippen molar-refractivity contribution in [3.63, 3.8) is 0 Å². The number of nitrogens with zero attached hydrogens (tertiary/aromatic N) is 5. The van der Waals surface area contributed by atoms with Crippen LogP contribution in [0, 0.1) is 12.7 Å². The number of ether oxygens (including phenoxy) is 1. The van der Waals surface area contributed by atoms with Gasteiger partial charge in [-0.3, -0.25) is 14.0 Å². The maximum Gasteiger partial charge on any atom is 0.247 e. The van der Waals surface area contributed by atoms with Gasteiger partial charge in [0.25, 0.3) is 0 Å². The summed E-state index contributed by atoms with van der Waals surface area (Å²) in [5.41, 5.74) is 2.95. The van der Waals surface area contributed by atoms with Crippen LogP contribution in [0.1, 0.15) is 19.4 Å². The summed E-state index contributed by atoms with van der Waals surface area (Å²) in [5, 5.41) is 11.0. The van der Waals surface area contributed by atoms with Crippen LogP contribution in [0.2, 0.25) is 0 Å². The highest BCUT2D eigenvalue weighted by molar-refractivity contribution is 6.00. The van der Waals surface area contributed by atoms with E-state index in [1.54, 1.807) is 33.8 Å². The molecule has 0 fully saturated rings. The van der Waals surface area contributed by atoms with E-state index >= 15 is 0 Å². The Balaban J connectivity index is 1.58. The Labute approximate surface area is 196 Å². The number of hydrogen-bond acceptors (Lipinski definition) is 6. The molecule has 0 spiro atoms. The lowest BCUT2D eigenvalue weighted by atomic mass is 10.2. The van der Waals surface area contributed by atoms with E-state index in [1.165, 1.54) is 6.08 Å². The van der Waals surface area contributed by atoms with E-state index in [0.29, 0.717) is 24.5 Å². The van der Waals surface area contributed by atoms with Crippen molar-refractivity contribution in [1.82, 2.24) is 24.3 Å². The molecule has 34 heavy (non-hydrogen) atoms. The summed E-state index contributed by atoms with van der Waals surface area (Å²) in [5.74, 6) is -0.516. The Hall–Kier alpha value is -4.05. The maximum atomic E-state index is 14.8. The second-order valence-corrected chi connectivity index (χ2v) is 8.01. The molecule has 3 aromatic heterocycles. The molecule has 1 amide bonds. The first kappa shape index (κ1) is 23.1. The number of aromatic nitrogens is 5. The fourth-order valence-corrected chi connectivity index (χ4v) is 3.49. The van der Waals surface area contributed by atoms with Crippen molar-refractivity contribution in [2.45, 2.75) is 33.4 Å². The van der Waals surface area contributed by atoms with E-state index in [0.717, 1.165) is 22.7 Å². The summed E-state index contributed by atoms with van der Waals surface area (Å²) in [7, 11) is 0. The number of benzene rings is 1. The number of carbonyl (C=O) groups excluding carboxylic acids is 1. The van der Waals surface area contributed by atoms with Crippen LogP contribution in [0.3, 0.4) is 0 Å². The van der Waals surface area contributed by atoms with Gasteiger partial charge in [-0.2, -0.15) is 10.1 Å². The van der Waals surface area contributed by atoms with Crippen molar-refractivity contribution in [3.05, 3.63) is 67.0 Å². The van der Waals surface area contributed by atoms with Gasteiger partial charge in [0.05, 0.1) is 42.9 Å². The van der Waals surface area contributed by atoms with E-state index in [9.17, 15) is 9.18 Å². The number of fused-ring (bicyclic) bond motifs is 1. The van der Waals surface area contributed by atoms with Gasteiger partial charge in [0.2, 0.25) is 11.9 Å². The van der Waals surface area contributed by atoms with Crippen molar-refractivity contribution in [2.75, 3.05) is 17.2 Å². The second-order valence-electron chi connectivity index (χ2n) is 8.01. The number of aryl methyl sites for hydroxylation is 1. The molecule has 0 saturated carbocycles. The van der Waals surface area contributed by atoms with Crippen LogP contribution in [0.4, 0.5) is 21.7 Å². The number of carbonyl (C=O) groups is 1. The lowest BCUT2D eigenvalue weighted by molar-refractivity contribution is -0.111. The highest BCUT2D eigenvalue weighted by Crippen LogP contribution is 2.28. The summed E-state index contributed by atoms with van der Waals surface area (Å²) in [6.45, 7) is 10.5. The van der Waals surface area contributed by atoms with E-state index in [-0.39, 0.29) is 23.8 Å². The lowest BCUT2D eigenvalue weighted by Gasteiger charge is -2.09. The van der Waals surface area contributed by atoms with Gasteiger partial charge in [-0.05, 0) is 50.6 Å². The van der Waals surface area contributed by atoms with Gasteiger partial charge in [0.1, 0.15) is 0 Å². The first-order valence-electron chi connectivity index (χ1n) is 10.8. The summed E-state index contributed by atoms with van der Waals surface area (Å²) in [4.78, 5) is 20.1. The molecule has 9 nitrogen and oxygen atoms in total. The zero-order valence-electron chi connectivity index (χ0n) is 19.2. The van der Waals surface area contributed by atoms with Gasteiger partial charge < -0.3 is 15.4 Å². The Kier molecular flexibility index (Phi) is 6.69. The number of amides is 1. The first-order valence-corrected chi connectivity index (χ1v) is 10.8. The molecule has 2 N–H and O–H groups in total. The standard InChI is InChI=1S/C24H26FN7O2/c1-5-22(33)28-17-6-7-21-19(10-17)16(4)13-32(21)23-20(25)12-26-24(30-23)29-18-11-27-31(14-18)8-9-34-15(2)3/h5-7,10-15H,1,8-9H2,2-4H3,(H,28,33)(H,26,29,30). The molecular formula is C24H26FN7O2. The van der Waals surface area contributed by atoms with Crippen molar-refractivity contribution in [1.29, 1.82) is 0 Å². The molecular weight excluding hydrogens is 437 g/mol. The van der Waals surface area contributed by atoms with Gasteiger partial charge in [-0.1, -0.05) is 6.58 Å². The van der Waals surface area contributed by atoms with Crippen LogP contribution in [-0.2, 0) is 16.1 Å². The van der Waals surface area contributed by atoms with Gasteiger partial charge in [0.15, 0.2) is 11.6 Å². The quantitative estimate of drug-likeness (QED) is 0.358. The first-order chi connectivity index (χ1) is 16.3. The van der Waals surface area contributed by atoms with Crippen LogP contribution >= 0.6 is 0 Å². The minimum Gasteiger partial charge on any atom is -0.377 e. The minimum atomic E-state index is -0.562. The van der Waals surface area contributed by atoms with E-state index in [2.05, 4.69) is 32.3 Å². The Morgan fingerprint density at radius 1 is 1.26 bits per heavy atom. The van der Waals surface area contributed by atoms with Crippen LogP contribution in [-0.4, -0.2) is 42.9 Å². The van der Waals surface area contributed by atoms with E-state index < -0.39 is 5.82 Å². The molecule has 3 heterocycles. The molecule has 0 unspecified atom stereocenters. The molecule has 0 aliphatic heterocycles. The molecule has 10 heteroatoms. The van der Waals surface area contributed by atoms with E-state index in [1.807, 2.05) is 33.0 Å². The summed E-state index contributed by atoms with van der Waals surface area (Å²) < 4.78 is 23.7. The third-order valence-electron chi connectivity index (χ3n) is 5.07. The molecule has 176 valence electrons. The van der Waals surface area contributed by atoms with Gasteiger partial charge in [-0.15, -0.1) is 0 Å². The fraction of sp³-hybridized carbons (Fsp3) is 0.250. The van der Waals surface area contributed by atoms with Crippen LogP contribution in [0.5, 0.6) is 0 Å². The molecule has 0 saturated heterocycles. The normalized spacial score (nSPS) is 11.2. The molecule has 0 bridgehead atoms. The van der Waals surface area contributed by atoms with Crippen molar-refractivity contribution in [2.24, 2.45) is 0 Å². The Bertz CT molecular complexity index is 1340. The smallest absolute Gasteiger partial charge is 0.247 e. The highest BCUT2D eigenvalue weighted by atomic mass is 19.1. The number of anilines is 3. The van der Waals surface area contributed by atoms with Crippen molar-refractivity contribution >= 4 is 34.1 Å². The van der Waals surface area contributed by atoms with Crippen molar-refractivity contribution in [3.8, 4) is 5.82 Å². The molecule has 1 aromatic carbocycles. The number of nitrogens with one attached hydrogen (secondary N) is 2. The van der Waals surface area contributed by atoms with Gasteiger partial charge in [-0.25, -0.2) is 9.37 Å². The number of halogens is 1. The SMILES string of the molecule is C=CC(=O)Nc1ccc2c(c1)c(C)cn2-c1nc(Nc2cnn(CCOC(C)C)c2)ncc1F. The fourth-order valence-electron chi connectivity index (χ4n) is 3.49. The summed E-state index contributed by atoms with van der Waals surface area (Å²) in [6, 6.07) is 5.38. The predicted molar refractivity (Wildman–Crippen MR) is 129 cm³/mol. The van der Waals surface area contributed by atoms with Gasteiger partial charge >= 0.3 is 0 Å². The lowest BCUT2D eigenvalue weighted by Crippen LogP contribution is -2.10. The largest absolute Gasteiger partial charge is 0.377 e. The van der Waals surface area contributed by atoms with Gasteiger partial charge in [0, 0.05) is 23.5 Å². The Morgan fingerprint density at radius 3 is 2.85 bits per heavy atom. The molecule has 4 rings (SSSR count). The topological polar surface area (TPSA) is 98.9 Å². The zero-order valence-corrected chi connectivity index (χ0v) is 19.2. The molecule has 0 atom stereocenters. The van der Waals surface area contributed by atoms with Crippen LogP contribution in [0.25, 0.3) is 16.7 Å². The molecule has 0 aliphatic carbocycles. The molecule has 4 aromatic rings. The van der Waals surface area contributed by atoms with Crippen molar-refractivity contribution < 1.29 is 13.9 Å². The number of rotatable bonds is 9. The molecule has 0 aliphatic rings. The van der Waals surface area contributed by atoms with E-state index in [4.69, 9.17) is 4.74 Å². The Morgan fingerprint density at radius 2 is 2.09 bits per heavy atom. The average molecular weight is 464 g/mol. The average Bonchev–Trinajstić information content (AvgIpc) is 3.38. The van der Waals surface area contributed by atoms with Crippen LogP contribution < -0.4 is 10.6 Å². The summed E-state index contributed by atoms with van der Waals surface area (Å²) in [6.07, 6.45) is 7.75. The van der Waals surface area contributed by atoms with Crippen LogP contribution in [0.15, 0.2) is 55.6 Å². The predicted octanol–water partition coefficient (Wildman–Crippen LogP) is 4.36. The second kappa shape index (κ2) is 9.84. The third kappa shape index (κ3) is 5.12.